The maximum atomic E-state index is 10.9. The summed E-state index contributed by atoms with van der Waals surface area (Å²) >= 11 is 0. The third kappa shape index (κ3) is 1.76. The van der Waals surface area contributed by atoms with Crippen molar-refractivity contribution < 1.29 is 14.6 Å². The first-order chi connectivity index (χ1) is 7.61. The molecule has 1 heterocycles. The van der Waals surface area contributed by atoms with Gasteiger partial charge in [-0.15, -0.1) is 0 Å². The molecule has 0 fully saturated rings. The number of hydrogen-bond acceptors (Lipinski definition) is 3. The molecule has 0 saturated carbocycles. The number of benzene rings is 1. The highest BCUT2D eigenvalue weighted by atomic mass is 16.5. The van der Waals surface area contributed by atoms with Crippen LogP contribution in [0.15, 0.2) is 18.2 Å². The number of ether oxygens (including phenoxy) is 1. The fourth-order valence-electron chi connectivity index (χ4n) is 2.15. The van der Waals surface area contributed by atoms with Crippen molar-refractivity contribution in [2.45, 2.75) is 25.3 Å². The Labute approximate surface area is 94.0 Å². The Kier molecular flexibility index (Phi) is 2.83. The van der Waals surface area contributed by atoms with Crippen LogP contribution in [0.2, 0.25) is 0 Å². The minimum atomic E-state index is -0.959. The molecule has 3 N–H and O–H groups in total. The van der Waals surface area contributed by atoms with Crippen molar-refractivity contribution >= 4 is 5.97 Å². The summed E-state index contributed by atoms with van der Waals surface area (Å²) in [4.78, 5) is 10.9. The molecule has 0 saturated heterocycles. The summed E-state index contributed by atoms with van der Waals surface area (Å²) < 4.78 is 5.57. The van der Waals surface area contributed by atoms with Gasteiger partial charge in [0.25, 0.3) is 0 Å². The van der Waals surface area contributed by atoms with Crippen LogP contribution in [0.4, 0.5) is 0 Å². The van der Waals surface area contributed by atoms with Gasteiger partial charge in [0.2, 0.25) is 0 Å². The number of rotatable bonds is 2. The maximum absolute atomic E-state index is 10.9. The van der Waals surface area contributed by atoms with Crippen molar-refractivity contribution in [3.8, 4) is 5.75 Å². The quantitative estimate of drug-likeness (QED) is 0.788. The molecule has 1 aromatic rings. The number of carboxylic acids is 1. The molecule has 2 atom stereocenters. The summed E-state index contributed by atoms with van der Waals surface area (Å²) in [6, 6.07) is 4.90. The molecular formula is C12H15NO3. The van der Waals surface area contributed by atoms with Gasteiger partial charge >= 0.3 is 5.97 Å². The molecule has 0 spiro atoms. The lowest BCUT2D eigenvalue weighted by molar-refractivity contribution is -0.139. The van der Waals surface area contributed by atoms with E-state index >= 15 is 0 Å². The van der Waals surface area contributed by atoms with Crippen molar-refractivity contribution in [2.75, 3.05) is 6.61 Å². The third-order valence-corrected chi connectivity index (χ3v) is 3.04. The van der Waals surface area contributed by atoms with Gasteiger partial charge in [-0.1, -0.05) is 18.2 Å². The van der Waals surface area contributed by atoms with Gasteiger partial charge in [0.15, 0.2) is 0 Å². The van der Waals surface area contributed by atoms with E-state index < -0.39 is 12.0 Å². The monoisotopic (exact) mass is 221 g/mol. The van der Waals surface area contributed by atoms with Gasteiger partial charge in [0.1, 0.15) is 11.8 Å². The van der Waals surface area contributed by atoms with Crippen LogP contribution < -0.4 is 10.5 Å². The zero-order valence-electron chi connectivity index (χ0n) is 9.14. The molecule has 86 valence electrons. The second kappa shape index (κ2) is 4.14. The predicted octanol–water partition coefficient (Wildman–Crippen LogP) is 1.27. The normalized spacial score (nSPS) is 20.8. The lowest BCUT2D eigenvalue weighted by Gasteiger charge is -2.29. The van der Waals surface area contributed by atoms with Crippen LogP contribution in [-0.4, -0.2) is 23.7 Å². The van der Waals surface area contributed by atoms with Crippen LogP contribution in [0.1, 0.15) is 23.5 Å². The van der Waals surface area contributed by atoms with Crippen molar-refractivity contribution in [1.82, 2.24) is 0 Å². The highest BCUT2D eigenvalue weighted by molar-refractivity contribution is 5.75. The largest absolute Gasteiger partial charge is 0.493 e. The summed E-state index contributed by atoms with van der Waals surface area (Å²) in [5.74, 6) is -0.309. The van der Waals surface area contributed by atoms with Gasteiger partial charge in [0.05, 0.1) is 6.61 Å². The summed E-state index contributed by atoms with van der Waals surface area (Å²) in [5, 5.41) is 8.96. The zero-order chi connectivity index (χ0) is 11.7. The molecule has 1 aliphatic rings. The predicted molar refractivity (Wildman–Crippen MR) is 59.6 cm³/mol. The van der Waals surface area contributed by atoms with E-state index in [4.69, 9.17) is 15.6 Å². The Balaban J connectivity index is 2.40. The van der Waals surface area contributed by atoms with Crippen LogP contribution in [0.5, 0.6) is 5.75 Å². The maximum Gasteiger partial charge on any atom is 0.321 e. The van der Waals surface area contributed by atoms with E-state index in [1.807, 2.05) is 25.1 Å². The highest BCUT2D eigenvalue weighted by Gasteiger charge is 2.31. The lowest BCUT2D eigenvalue weighted by atomic mass is 9.86. The first-order valence-electron chi connectivity index (χ1n) is 5.32. The van der Waals surface area contributed by atoms with Crippen molar-refractivity contribution in [1.29, 1.82) is 0 Å². The SMILES string of the molecule is Cc1cccc2c1OCCC2C(N)C(=O)O. The Morgan fingerprint density at radius 1 is 1.62 bits per heavy atom. The summed E-state index contributed by atoms with van der Waals surface area (Å²) in [6.07, 6.45) is 0.657. The van der Waals surface area contributed by atoms with Crippen LogP contribution in [0.3, 0.4) is 0 Å². The number of nitrogens with two attached hydrogens (primary N) is 1. The lowest BCUT2D eigenvalue weighted by Crippen LogP contribution is -2.38. The zero-order valence-corrected chi connectivity index (χ0v) is 9.14. The minimum Gasteiger partial charge on any atom is -0.493 e. The Hall–Kier alpha value is -1.55. The number of para-hydroxylation sites is 1. The van der Waals surface area contributed by atoms with Crippen LogP contribution in [0.25, 0.3) is 0 Å². The Morgan fingerprint density at radius 2 is 2.38 bits per heavy atom. The molecule has 2 unspecified atom stereocenters. The molecular weight excluding hydrogens is 206 g/mol. The number of aliphatic carboxylic acids is 1. The molecule has 1 aliphatic heterocycles. The molecule has 0 bridgehead atoms. The number of carbonyl (C=O) groups is 1. The molecule has 0 aromatic heterocycles. The van der Waals surface area contributed by atoms with Gasteiger partial charge in [-0.2, -0.15) is 0 Å². The molecule has 0 radical (unpaired) electrons. The topological polar surface area (TPSA) is 72.5 Å². The van der Waals surface area contributed by atoms with E-state index in [1.165, 1.54) is 0 Å². The molecule has 4 heteroatoms. The number of aryl methyl sites for hydroxylation is 1. The van der Waals surface area contributed by atoms with E-state index in [1.54, 1.807) is 0 Å². The smallest absolute Gasteiger partial charge is 0.321 e. The standard InChI is InChI=1S/C12H15NO3/c1-7-3-2-4-9-8(10(13)12(14)15)5-6-16-11(7)9/h2-4,8,10H,5-6,13H2,1H3,(H,14,15). The molecule has 0 aliphatic carbocycles. The van der Waals surface area contributed by atoms with Gasteiger partial charge in [-0.25, -0.2) is 0 Å². The van der Waals surface area contributed by atoms with Crippen LogP contribution >= 0.6 is 0 Å². The van der Waals surface area contributed by atoms with Gasteiger partial charge in [-0.3, -0.25) is 4.79 Å². The number of fused-ring (bicyclic) bond motifs is 1. The first kappa shape index (κ1) is 11.0. The summed E-state index contributed by atoms with van der Waals surface area (Å²) in [7, 11) is 0. The summed E-state index contributed by atoms with van der Waals surface area (Å²) in [5.41, 5.74) is 7.65. The second-order valence-corrected chi connectivity index (χ2v) is 4.10. The fraction of sp³-hybridized carbons (Fsp3) is 0.417. The van der Waals surface area contributed by atoms with E-state index in [-0.39, 0.29) is 5.92 Å². The average Bonchev–Trinajstić information content (AvgIpc) is 2.28. The average molecular weight is 221 g/mol. The molecule has 0 amide bonds. The van der Waals surface area contributed by atoms with Gasteiger partial charge in [-0.05, 0) is 24.5 Å². The molecule has 16 heavy (non-hydrogen) atoms. The number of hydrogen-bond donors (Lipinski definition) is 2. The minimum absolute atomic E-state index is 0.152. The van der Waals surface area contributed by atoms with E-state index in [2.05, 4.69) is 0 Å². The van der Waals surface area contributed by atoms with E-state index in [9.17, 15) is 4.79 Å². The van der Waals surface area contributed by atoms with Crippen molar-refractivity contribution in [3.63, 3.8) is 0 Å². The first-order valence-corrected chi connectivity index (χ1v) is 5.32. The van der Waals surface area contributed by atoms with Gasteiger partial charge < -0.3 is 15.6 Å². The van der Waals surface area contributed by atoms with Gasteiger partial charge in [0, 0.05) is 5.92 Å². The molecule has 1 aromatic carbocycles. The van der Waals surface area contributed by atoms with Crippen molar-refractivity contribution in [3.05, 3.63) is 29.3 Å². The Bertz CT molecular complexity index is 417. The summed E-state index contributed by atoms with van der Waals surface area (Å²) in [6.45, 7) is 2.48. The Morgan fingerprint density at radius 3 is 3.06 bits per heavy atom. The second-order valence-electron chi connectivity index (χ2n) is 4.10. The van der Waals surface area contributed by atoms with Crippen molar-refractivity contribution in [2.24, 2.45) is 5.73 Å². The molecule has 2 rings (SSSR count). The number of carboxylic acid groups (broad SMARTS) is 1. The van der Waals surface area contributed by atoms with Crippen LogP contribution in [0, 0.1) is 6.92 Å². The highest BCUT2D eigenvalue weighted by Crippen LogP contribution is 2.37. The third-order valence-electron chi connectivity index (χ3n) is 3.04. The fourth-order valence-corrected chi connectivity index (χ4v) is 2.15. The van der Waals surface area contributed by atoms with E-state index in [0.29, 0.717) is 13.0 Å². The molecule has 4 nitrogen and oxygen atoms in total. The van der Waals surface area contributed by atoms with Crippen LogP contribution in [-0.2, 0) is 4.79 Å². The van der Waals surface area contributed by atoms with E-state index in [0.717, 1.165) is 16.9 Å².